The number of fused-ring (bicyclic) bond motifs is 1. The Labute approximate surface area is 158 Å². The van der Waals surface area contributed by atoms with Crippen molar-refractivity contribution in [3.05, 3.63) is 58.6 Å². The van der Waals surface area contributed by atoms with Gasteiger partial charge in [-0.15, -0.1) is 0 Å². The van der Waals surface area contributed by atoms with Crippen LogP contribution in [0.3, 0.4) is 0 Å². The zero-order valence-corrected chi connectivity index (χ0v) is 15.7. The Morgan fingerprint density at radius 1 is 1.08 bits per heavy atom. The summed E-state index contributed by atoms with van der Waals surface area (Å²) in [6.07, 6.45) is 2.55. The number of nitrogens with zero attached hydrogens (tertiary/aromatic N) is 1. The fourth-order valence-corrected chi connectivity index (χ4v) is 4.70. The maximum atomic E-state index is 12.9. The third-order valence-corrected chi connectivity index (χ3v) is 6.96. The second-order valence-corrected chi connectivity index (χ2v) is 9.16. The maximum absolute atomic E-state index is 12.9. The molecule has 0 radical (unpaired) electrons. The van der Waals surface area contributed by atoms with Gasteiger partial charge in [0.1, 0.15) is 0 Å². The number of hydrogen-bond acceptors (Lipinski definition) is 3. The molecule has 1 fully saturated rings. The van der Waals surface area contributed by atoms with E-state index < -0.39 is 10.0 Å². The molecule has 26 heavy (non-hydrogen) atoms. The van der Waals surface area contributed by atoms with Crippen LogP contribution in [0.4, 0.5) is 5.69 Å². The van der Waals surface area contributed by atoms with Crippen molar-refractivity contribution in [2.45, 2.75) is 30.7 Å². The van der Waals surface area contributed by atoms with E-state index in [-0.39, 0.29) is 16.7 Å². The highest BCUT2D eigenvalue weighted by Gasteiger charge is 2.31. The summed E-state index contributed by atoms with van der Waals surface area (Å²) in [6.45, 7) is 0.735. The van der Waals surface area contributed by atoms with E-state index in [0.29, 0.717) is 24.5 Å². The molecule has 0 saturated heterocycles. The average molecular weight is 391 g/mol. The van der Waals surface area contributed by atoms with Crippen LogP contribution >= 0.6 is 11.6 Å². The molecule has 0 aromatic heterocycles. The SMILES string of the molecule is O=C(Nc1ccc2c(c1)CN(S(=O)(=O)c1ccc(Cl)cc1)CC2)C1CC1. The van der Waals surface area contributed by atoms with Crippen molar-refractivity contribution in [2.75, 3.05) is 11.9 Å². The van der Waals surface area contributed by atoms with Crippen LogP contribution in [-0.4, -0.2) is 25.2 Å². The fraction of sp³-hybridized carbons (Fsp3) is 0.316. The molecule has 0 bridgehead atoms. The summed E-state index contributed by atoms with van der Waals surface area (Å²) in [5.41, 5.74) is 2.78. The molecule has 7 heteroatoms. The van der Waals surface area contributed by atoms with E-state index in [1.165, 1.54) is 16.4 Å². The van der Waals surface area contributed by atoms with Crippen LogP contribution in [-0.2, 0) is 27.8 Å². The van der Waals surface area contributed by atoms with Crippen molar-refractivity contribution < 1.29 is 13.2 Å². The Kier molecular flexibility index (Phi) is 4.50. The zero-order chi connectivity index (χ0) is 18.3. The van der Waals surface area contributed by atoms with E-state index in [2.05, 4.69) is 5.32 Å². The molecular weight excluding hydrogens is 372 g/mol. The molecule has 0 spiro atoms. The molecule has 4 rings (SSSR count). The van der Waals surface area contributed by atoms with Gasteiger partial charge in [0, 0.05) is 29.7 Å². The van der Waals surface area contributed by atoms with Crippen LogP contribution in [0.25, 0.3) is 0 Å². The largest absolute Gasteiger partial charge is 0.326 e. The number of amides is 1. The number of sulfonamides is 1. The van der Waals surface area contributed by atoms with Gasteiger partial charge in [0.15, 0.2) is 0 Å². The minimum Gasteiger partial charge on any atom is -0.326 e. The van der Waals surface area contributed by atoms with Gasteiger partial charge in [-0.05, 0) is 66.8 Å². The molecule has 5 nitrogen and oxygen atoms in total. The molecule has 2 aromatic rings. The maximum Gasteiger partial charge on any atom is 0.243 e. The Bertz CT molecular complexity index is 953. The lowest BCUT2D eigenvalue weighted by atomic mass is 10.0. The van der Waals surface area contributed by atoms with Gasteiger partial charge in [-0.25, -0.2) is 8.42 Å². The minimum absolute atomic E-state index is 0.0476. The third kappa shape index (κ3) is 3.49. The second kappa shape index (κ2) is 6.68. The standard InChI is InChI=1S/C19H19ClN2O3S/c20-16-4-7-18(8-5-16)26(24,25)22-10-9-13-3-6-17(11-15(13)12-22)21-19(23)14-1-2-14/h3-8,11,14H,1-2,9-10,12H2,(H,21,23). The average Bonchev–Trinajstić information content (AvgIpc) is 3.46. The van der Waals surface area contributed by atoms with Crippen molar-refractivity contribution in [2.24, 2.45) is 5.92 Å². The first-order valence-electron chi connectivity index (χ1n) is 8.62. The van der Waals surface area contributed by atoms with Gasteiger partial charge in [-0.2, -0.15) is 4.31 Å². The first-order valence-corrected chi connectivity index (χ1v) is 10.4. The van der Waals surface area contributed by atoms with Crippen molar-refractivity contribution in [3.8, 4) is 0 Å². The van der Waals surface area contributed by atoms with Crippen molar-refractivity contribution in [3.63, 3.8) is 0 Å². The van der Waals surface area contributed by atoms with Gasteiger partial charge in [-0.1, -0.05) is 17.7 Å². The molecular formula is C19H19ClN2O3S. The van der Waals surface area contributed by atoms with E-state index >= 15 is 0 Å². The summed E-state index contributed by atoms with van der Waals surface area (Å²) >= 11 is 5.86. The van der Waals surface area contributed by atoms with E-state index in [1.807, 2.05) is 18.2 Å². The van der Waals surface area contributed by atoms with Gasteiger partial charge in [0.2, 0.25) is 15.9 Å². The minimum atomic E-state index is -3.57. The smallest absolute Gasteiger partial charge is 0.243 e. The monoisotopic (exact) mass is 390 g/mol. The molecule has 0 atom stereocenters. The predicted molar refractivity (Wildman–Crippen MR) is 101 cm³/mol. The summed E-state index contributed by atoms with van der Waals surface area (Å²) in [5, 5.41) is 3.43. The molecule has 1 aliphatic carbocycles. The molecule has 1 heterocycles. The number of halogens is 1. The van der Waals surface area contributed by atoms with Gasteiger partial charge in [-0.3, -0.25) is 4.79 Å². The van der Waals surface area contributed by atoms with Crippen molar-refractivity contribution in [1.29, 1.82) is 0 Å². The molecule has 1 amide bonds. The molecule has 2 aliphatic rings. The highest BCUT2D eigenvalue weighted by molar-refractivity contribution is 7.89. The molecule has 1 saturated carbocycles. The Morgan fingerprint density at radius 3 is 2.50 bits per heavy atom. The number of carbonyl (C=O) groups excluding carboxylic acids is 1. The Morgan fingerprint density at radius 2 is 1.81 bits per heavy atom. The van der Waals surface area contributed by atoms with E-state index in [4.69, 9.17) is 11.6 Å². The zero-order valence-electron chi connectivity index (χ0n) is 14.1. The molecule has 1 aliphatic heterocycles. The highest BCUT2D eigenvalue weighted by atomic mass is 35.5. The van der Waals surface area contributed by atoms with Gasteiger partial charge >= 0.3 is 0 Å². The Balaban J connectivity index is 1.56. The molecule has 136 valence electrons. The number of anilines is 1. The van der Waals surface area contributed by atoms with Gasteiger partial charge < -0.3 is 5.32 Å². The fourth-order valence-electron chi connectivity index (χ4n) is 3.16. The predicted octanol–water partition coefficient (Wildman–Crippen LogP) is 3.44. The van der Waals surface area contributed by atoms with E-state index in [0.717, 1.165) is 29.7 Å². The van der Waals surface area contributed by atoms with Crippen molar-refractivity contribution in [1.82, 2.24) is 4.31 Å². The number of nitrogens with one attached hydrogen (secondary N) is 1. The van der Waals surface area contributed by atoms with Crippen LogP contribution in [0.1, 0.15) is 24.0 Å². The summed E-state index contributed by atoms with van der Waals surface area (Å²) in [7, 11) is -3.57. The second-order valence-electron chi connectivity index (χ2n) is 6.79. The highest BCUT2D eigenvalue weighted by Crippen LogP contribution is 2.31. The first-order chi connectivity index (χ1) is 12.4. The Hall–Kier alpha value is -1.89. The molecule has 1 N–H and O–H groups in total. The third-order valence-electron chi connectivity index (χ3n) is 4.85. The van der Waals surface area contributed by atoms with Gasteiger partial charge in [0.25, 0.3) is 0 Å². The first kappa shape index (κ1) is 17.5. The summed E-state index contributed by atoms with van der Waals surface area (Å²) < 4.78 is 27.2. The molecule has 2 aromatic carbocycles. The summed E-state index contributed by atoms with van der Waals surface area (Å²) in [5.74, 6) is 0.180. The van der Waals surface area contributed by atoms with E-state index in [9.17, 15) is 13.2 Å². The normalized spacial score (nSPS) is 17.6. The number of benzene rings is 2. The van der Waals surface area contributed by atoms with Crippen LogP contribution in [0.2, 0.25) is 5.02 Å². The lowest BCUT2D eigenvalue weighted by Crippen LogP contribution is -2.36. The number of hydrogen-bond donors (Lipinski definition) is 1. The van der Waals surface area contributed by atoms with Crippen LogP contribution in [0.5, 0.6) is 0 Å². The van der Waals surface area contributed by atoms with Crippen LogP contribution < -0.4 is 5.32 Å². The molecule has 0 unspecified atom stereocenters. The topological polar surface area (TPSA) is 66.5 Å². The lowest BCUT2D eigenvalue weighted by molar-refractivity contribution is -0.117. The summed E-state index contributed by atoms with van der Waals surface area (Å²) in [6, 6.07) is 12.0. The van der Waals surface area contributed by atoms with Crippen LogP contribution in [0.15, 0.2) is 47.4 Å². The van der Waals surface area contributed by atoms with Crippen LogP contribution in [0, 0.1) is 5.92 Å². The quantitative estimate of drug-likeness (QED) is 0.869. The number of rotatable bonds is 4. The van der Waals surface area contributed by atoms with Gasteiger partial charge in [0.05, 0.1) is 4.90 Å². The van der Waals surface area contributed by atoms with E-state index in [1.54, 1.807) is 12.1 Å². The van der Waals surface area contributed by atoms with Crippen molar-refractivity contribution >= 4 is 33.2 Å². The number of carbonyl (C=O) groups is 1. The lowest BCUT2D eigenvalue weighted by Gasteiger charge is -2.28. The summed E-state index contributed by atoms with van der Waals surface area (Å²) in [4.78, 5) is 12.2.